The van der Waals surface area contributed by atoms with Crippen LogP contribution < -0.4 is 25.3 Å². The number of carbonyl (C=O) groups excluding carboxylic acids is 2. The van der Waals surface area contributed by atoms with Gasteiger partial charge in [0.05, 0.1) is 31.6 Å². The summed E-state index contributed by atoms with van der Waals surface area (Å²) < 4.78 is 16.4. The van der Waals surface area contributed by atoms with Gasteiger partial charge in [-0.2, -0.15) is 0 Å². The molecule has 0 fully saturated rings. The van der Waals surface area contributed by atoms with E-state index in [2.05, 4.69) is 15.3 Å². The Bertz CT molecular complexity index is 1070. The van der Waals surface area contributed by atoms with Gasteiger partial charge in [-0.05, 0) is 18.2 Å². The number of aromatic nitrogens is 2. The summed E-state index contributed by atoms with van der Waals surface area (Å²) in [7, 11) is 3.06. The van der Waals surface area contributed by atoms with Gasteiger partial charge in [0.25, 0.3) is 0 Å². The fraction of sp³-hybridized carbons (Fsp3) is 0.111. The van der Waals surface area contributed by atoms with Crippen molar-refractivity contribution in [3.63, 3.8) is 0 Å². The molecule has 2 aromatic heterocycles. The van der Waals surface area contributed by atoms with E-state index in [1.165, 1.54) is 26.5 Å². The van der Waals surface area contributed by atoms with Crippen LogP contribution in [0.3, 0.4) is 0 Å². The van der Waals surface area contributed by atoms with Crippen molar-refractivity contribution in [1.82, 2.24) is 9.97 Å². The second kappa shape index (κ2) is 7.97. The molecule has 2 heterocycles. The van der Waals surface area contributed by atoms with Gasteiger partial charge >= 0.3 is 11.8 Å². The maximum Gasteiger partial charge on any atom is 0.313 e. The highest BCUT2D eigenvalue weighted by atomic mass is 35.5. The molecular weight excluding hydrogens is 388 g/mol. The van der Waals surface area contributed by atoms with Gasteiger partial charge in [0.1, 0.15) is 10.8 Å². The lowest BCUT2D eigenvalue weighted by Gasteiger charge is -2.13. The molecular formula is C18H15ClN4O5. The first-order chi connectivity index (χ1) is 13.4. The third-order valence-electron chi connectivity index (χ3n) is 3.70. The molecule has 0 radical (unpaired) electrons. The largest absolute Gasteiger partial charge is 0.493 e. The third kappa shape index (κ3) is 3.89. The number of carbonyl (C=O) groups is 2. The second-order valence-electron chi connectivity index (χ2n) is 5.46. The molecule has 0 atom stereocenters. The molecule has 0 aliphatic carbocycles. The van der Waals surface area contributed by atoms with Crippen molar-refractivity contribution in [1.29, 1.82) is 0 Å². The molecule has 3 N–H and O–H groups in total. The summed E-state index contributed by atoms with van der Waals surface area (Å²) in [4.78, 5) is 30.5. The standard InChI is InChI=1S/C18H15ClN4O5/c1-26-14-6-10-12(7-15(14)27-2)21-4-3-13(10)28-18-11(19)5-9(8-22-18)23-17(25)16(20)24/h3-8H,1-2H3,(H2,20,24)(H,23,25). The summed E-state index contributed by atoms with van der Waals surface area (Å²) in [5.41, 5.74) is 5.72. The summed E-state index contributed by atoms with van der Waals surface area (Å²) in [6.07, 6.45) is 2.86. The zero-order valence-electron chi connectivity index (χ0n) is 14.9. The van der Waals surface area contributed by atoms with Gasteiger partial charge in [0.15, 0.2) is 11.5 Å². The first kappa shape index (κ1) is 19.2. The van der Waals surface area contributed by atoms with Crippen molar-refractivity contribution in [3.05, 3.63) is 41.7 Å². The fourth-order valence-electron chi connectivity index (χ4n) is 2.40. The van der Waals surface area contributed by atoms with Crippen LogP contribution in [0.1, 0.15) is 0 Å². The maximum absolute atomic E-state index is 11.3. The van der Waals surface area contributed by atoms with Crippen LogP contribution in [0.5, 0.6) is 23.1 Å². The highest BCUT2D eigenvalue weighted by Gasteiger charge is 2.15. The highest BCUT2D eigenvalue weighted by molar-refractivity contribution is 6.39. The number of amides is 2. The molecule has 0 saturated carbocycles. The molecule has 0 saturated heterocycles. The van der Waals surface area contributed by atoms with Crippen molar-refractivity contribution in [2.24, 2.45) is 5.73 Å². The van der Waals surface area contributed by atoms with Crippen LogP contribution in [0.25, 0.3) is 10.9 Å². The van der Waals surface area contributed by atoms with Crippen molar-refractivity contribution in [3.8, 4) is 23.1 Å². The van der Waals surface area contributed by atoms with E-state index in [0.29, 0.717) is 28.2 Å². The number of hydrogen-bond acceptors (Lipinski definition) is 7. The molecule has 0 aliphatic heterocycles. The van der Waals surface area contributed by atoms with E-state index in [1.807, 2.05) is 0 Å². The normalized spacial score (nSPS) is 10.4. The molecule has 9 nitrogen and oxygen atoms in total. The Balaban J connectivity index is 1.94. The molecule has 10 heteroatoms. The molecule has 3 aromatic rings. The summed E-state index contributed by atoms with van der Waals surface area (Å²) in [6, 6.07) is 6.48. The van der Waals surface area contributed by atoms with Gasteiger partial charge < -0.3 is 25.3 Å². The molecule has 0 unspecified atom stereocenters. The molecule has 3 rings (SSSR count). The number of hydrogen-bond donors (Lipinski definition) is 2. The van der Waals surface area contributed by atoms with Gasteiger partial charge in [0.2, 0.25) is 5.88 Å². The number of nitrogens with zero attached hydrogens (tertiary/aromatic N) is 2. The average Bonchev–Trinajstić information content (AvgIpc) is 2.69. The predicted octanol–water partition coefficient (Wildman–Crippen LogP) is 2.52. The van der Waals surface area contributed by atoms with Crippen LogP contribution in [0.4, 0.5) is 5.69 Å². The van der Waals surface area contributed by atoms with Crippen molar-refractivity contribution in [2.45, 2.75) is 0 Å². The molecule has 0 aliphatic rings. The summed E-state index contributed by atoms with van der Waals surface area (Å²) in [6.45, 7) is 0. The van der Waals surface area contributed by atoms with Crippen LogP contribution in [0.15, 0.2) is 36.7 Å². The van der Waals surface area contributed by atoms with Crippen molar-refractivity contribution >= 4 is 40.0 Å². The number of benzene rings is 1. The third-order valence-corrected chi connectivity index (χ3v) is 3.97. The zero-order valence-corrected chi connectivity index (χ0v) is 15.6. The van der Waals surface area contributed by atoms with Crippen LogP contribution in [-0.2, 0) is 9.59 Å². The lowest BCUT2D eigenvalue weighted by molar-refractivity contribution is -0.134. The lowest BCUT2D eigenvalue weighted by Crippen LogP contribution is -2.29. The number of pyridine rings is 2. The van der Waals surface area contributed by atoms with Gasteiger partial charge in [-0.25, -0.2) is 4.98 Å². The predicted molar refractivity (Wildman–Crippen MR) is 102 cm³/mol. The van der Waals surface area contributed by atoms with Crippen LogP contribution in [-0.4, -0.2) is 36.0 Å². The Morgan fingerprint density at radius 3 is 2.43 bits per heavy atom. The van der Waals surface area contributed by atoms with Gasteiger partial charge in [-0.3, -0.25) is 14.6 Å². The average molecular weight is 403 g/mol. The Kier molecular flexibility index (Phi) is 5.46. The highest BCUT2D eigenvalue weighted by Crippen LogP contribution is 2.37. The van der Waals surface area contributed by atoms with Crippen molar-refractivity contribution in [2.75, 3.05) is 19.5 Å². The number of anilines is 1. The van der Waals surface area contributed by atoms with E-state index in [4.69, 9.17) is 31.5 Å². The van der Waals surface area contributed by atoms with E-state index < -0.39 is 11.8 Å². The van der Waals surface area contributed by atoms with E-state index >= 15 is 0 Å². The molecule has 28 heavy (non-hydrogen) atoms. The second-order valence-corrected chi connectivity index (χ2v) is 5.87. The molecule has 1 aromatic carbocycles. The number of fused-ring (bicyclic) bond motifs is 1. The lowest BCUT2D eigenvalue weighted by atomic mass is 10.2. The topological polar surface area (TPSA) is 126 Å². The smallest absolute Gasteiger partial charge is 0.313 e. The summed E-state index contributed by atoms with van der Waals surface area (Å²) in [5, 5.41) is 3.05. The Morgan fingerprint density at radius 1 is 1.07 bits per heavy atom. The van der Waals surface area contributed by atoms with E-state index in [1.54, 1.807) is 24.4 Å². The minimum atomic E-state index is -1.12. The Morgan fingerprint density at radius 2 is 1.79 bits per heavy atom. The molecule has 0 bridgehead atoms. The number of nitrogens with one attached hydrogen (secondary N) is 1. The fourth-order valence-corrected chi connectivity index (χ4v) is 2.61. The quantitative estimate of drug-likeness (QED) is 0.628. The summed E-state index contributed by atoms with van der Waals surface area (Å²) in [5.74, 6) is -0.520. The van der Waals surface area contributed by atoms with Crippen LogP contribution in [0, 0.1) is 0 Å². The van der Waals surface area contributed by atoms with E-state index in [0.717, 1.165) is 0 Å². The van der Waals surface area contributed by atoms with Crippen LogP contribution >= 0.6 is 11.6 Å². The van der Waals surface area contributed by atoms with E-state index in [9.17, 15) is 9.59 Å². The first-order valence-electron chi connectivity index (χ1n) is 7.88. The Labute approximate surface area is 164 Å². The molecule has 144 valence electrons. The monoisotopic (exact) mass is 402 g/mol. The molecule has 2 amide bonds. The zero-order chi connectivity index (χ0) is 20.3. The molecule has 0 spiro atoms. The number of methoxy groups -OCH3 is 2. The van der Waals surface area contributed by atoms with Gasteiger partial charge in [-0.15, -0.1) is 0 Å². The SMILES string of the molecule is COc1cc2nccc(Oc3ncc(NC(=O)C(N)=O)cc3Cl)c2cc1OC. The number of ether oxygens (including phenoxy) is 3. The van der Waals surface area contributed by atoms with Gasteiger partial charge in [-0.1, -0.05) is 11.6 Å². The number of halogens is 1. The summed E-state index contributed by atoms with van der Waals surface area (Å²) >= 11 is 6.18. The van der Waals surface area contributed by atoms with Crippen LogP contribution in [0.2, 0.25) is 5.02 Å². The number of rotatable bonds is 5. The van der Waals surface area contributed by atoms with E-state index in [-0.39, 0.29) is 16.6 Å². The Hall–Kier alpha value is -3.59. The minimum Gasteiger partial charge on any atom is -0.493 e. The maximum atomic E-state index is 11.3. The van der Waals surface area contributed by atoms with Gasteiger partial charge in [0, 0.05) is 17.6 Å². The van der Waals surface area contributed by atoms with Crippen molar-refractivity contribution < 1.29 is 23.8 Å². The first-order valence-corrected chi connectivity index (χ1v) is 8.25. The number of nitrogens with two attached hydrogens (primary N) is 1. The minimum absolute atomic E-state index is 0.0982. The number of primary amides is 1.